The first-order chi connectivity index (χ1) is 13.1. The van der Waals surface area contributed by atoms with Crippen LogP contribution in [0.5, 0.6) is 0 Å². The highest BCUT2D eigenvalue weighted by Gasteiger charge is 2.30. The molecule has 2 aromatic rings. The van der Waals surface area contributed by atoms with Gasteiger partial charge in [0, 0.05) is 30.4 Å². The third-order valence-electron chi connectivity index (χ3n) is 5.34. The third kappa shape index (κ3) is 3.88. The smallest absolute Gasteiger partial charge is 0.339 e. The van der Waals surface area contributed by atoms with Crippen LogP contribution in [0.4, 0.5) is 0 Å². The molecule has 1 saturated heterocycles. The fraction of sp³-hybridized carbons (Fsp3) is 0.500. The highest BCUT2D eigenvalue weighted by molar-refractivity contribution is 7.13. The number of hydrogen-bond donors (Lipinski definition) is 0. The highest BCUT2D eigenvalue weighted by Crippen LogP contribution is 2.29. The molecule has 0 N–H and O–H groups in total. The number of esters is 1. The topological polar surface area (TPSA) is 72.4 Å². The number of likely N-dealkylation sites (tertiary alicyclic amines) is 1. The predicted molar refractivity (Wildman–Crippen MR) is 102 cm³/mol. The Bertz CT molecular complexity index is 840. The van der Waals surface area contributed by atoms with E-state index >= 15 is 0 Å². The van der Waals surface area contributed by atoms with Crippen LogP contribution in [0, 0.1) is 5.92 Å². The van der Waals surface area contributed by atoms with Gasteiger partial charge in [0.15, 0.2) is 5.01 Å². The number of aromatic nitrogens is 2. The lowest BCUT2D eigenvalue weighted by molar-refractivity contribution is 0.0600. The Hall–Kier alpha value is -2.28. The van der Waals surface area contributed by atoms with Crippen LogP contribution < -0.4 is 0 Å². The Morgan fingerprint density at radius 1 is 1.30 bits per heavy atom. The van der Waals surface area contributed by atoms with Gasteiger partial charge in [-0.25, -0.2) is 9.78 Å². The Kier molecular flexibility index (Phi) is 5.20. The van der Waals surface area contributed by atoms with Crippen LogP contribution >= 0.6 is 11.3 Å². The van der Waals surface area contributed by atoms with Crippen LogP contribution in [0.2, 0.25) is 0 Å². The van der Waals surface area contributed by atoms with Crippen LogP contribution in [0.15, 0.2) is 18.5 Å². The predicted octanol–water partition coefficient (Wildman–Crippen LogP) is 2.91. The number of aryl methyl sites for hydroxylation is 2. The Labute approximate surface area is 162 Å². The molecule has 6 nitrogen and oxygen atoms in total. The van der Waals surface area contributed by atoms with Crippen LogP contribution in [-0.4, -0.2) is 46.9 Å². The van der Waals surface area contributed by atoms with Crippen LogP contribution in [0.3, 0.4) is 0 Å². The lowest BCUT2D eigenvalue weighted by atomic mass is 9.99. The summed E-state index contributed by atoms with van der Waals surface area (Å²) < 4.78 is 4.76. The Morgan fingerprint density at radius 3 is 2.96 bits per heavy atom. The number of methoxy groups -OCH3 is 1. The fourth-order valence-corrected chi connectivity index (χ4v) is 5.04. The van der Waals surface area contributed by atoms with Crippen molar-refractivity contribution in [1.29, 1.82) is 0 Å². The normalized spacial score (nSPS) is 19.0. The zero-order chi connectivity index (χ0) is 18.8. The number of ether oxygens (including phenoxy) is 1. The molecule has 2 aromatic heterocycles. The molecule has 1 atom stereocenters. The molecule has 0 aromatic carbocycles. The van der Waals surface area contributed by atoms with Crippen LogP contribution in [0.1, 0.15) is 55.6 Å². The van der Waals surface area contributed by atoms with Gasteiger partial charge >= 0.3 is 5.97 Å². The molecule has 0 spiro atoms. The summed E-state index contributed by atoms with van der Waals surface area (Å²) in [6.45, 7) is 1.49. The maximum Gasteiger partial charge on any atom is 0.339 e. The molecule has 1 unspecified atom stereocenters. The number of carbonyl (C=O) groups excluding carboxylic acids is 2. The SMILES string of the molecule is COC(=O)c1cncc(CC2CCN(C(=O)c3nc4c(s3)CCCC4)C2)c1. The maximum atomic E-state index is 12.8. The number of nitrogens with zero attached hydrogens (tertiary/aromatic N) is 3. The van der Waals surface area contributed by atoms with Crippen molar-refractivity contribution in [3.8, 4) is 0 Å². The highest BCUT2D eigenvalue weighted by atomic mass is 32.1. The van der Waals surface area contributed by atoms with Crippen LogP contribution in [0.25, 0.3) is 0 Å². The van der Waals surface area contributed by atoms with Gasteiger partial charge in [0.25, 0.3) is 5.91 Å². The molecule has 1 aliphatic heterocycles. The minimum atomic E-state index is -0.375. The second-order valence-electron chi connectivity index (χ2n) is 7.28. The summed E-state index contributed by atoms with van der Waals surface area (Å²) in [4.78, 5) is 36.5. The number of pyridine rings is 1. The zero-order valence-corrected chi connectivity index (χ0v) is 16.3. The average Bonchev–Trinajstić information content (AvgIpc) is 3.34. The number of fused-ring (bicyclic) bond motifs is 1. The maximum absolute atomic E-state index is 12.8. The van der Waals surface area contributed by atoms with Crippen molar-refractivity contribution >= 4 is 23.2 Å². The lowest BCUT2D eigenvalue weighted by Gasteiger charge is -2.15. The molecular formula is C20H23N3O3S. The van der Waals surface area contributed by atoms with Crippen molar-refractivity contribution in [2.24, 2.45) is 5.92 Å². The minimum absolute atomic E-state index is 0.0679. The van der Waals surface area contributed by atoms with Crippen molar-refractivity contribution in [3.63, 3.8) is 0 Å². The van der Waals surface area contributed by atoms with Crippen molar-refractivity contribution < 1.29 is 14.3 Å². The Balaban J connectivity index is 1.39. The monoisotopic (exact) mass is 385 g/mol. The van der Waals surface area contributed by atoms with E-state index in [0.29, 0.717) is 16.5 Å². The first-order valence-corrected chi connectivity index (χ1v) is 10.3. The van der Waals surface area contributed by atoms with E-state index in [1.54, 1.807) is 17.5 Å². The van der Waals surface area contributed by atoms with Crippen molar-refractivity contribution in [2.45, 2.75) is 38.5 Å². The van der Waals surface area contributed by atoms with E-state index in [9.17, 15) is 9.59 Å². The van der Waals surface area contributed by atoms with Gasteiger partial charge in [0.1, 0.15) is 0 Å². The molecule has 3 heterocycles. The molecule has 1 amide bonds. The Morgan fingerprint density at radius 2 is 2.15 bits per heavy atom. The van der Waals surface area contributed by atoms with Crippen molar-refractivity contribution in [1.82, 2.24) is 14.9 Å². The summed E-state index contributed by atoms with van der Waals surface area (Å²) >= 11 is 1.58. The van der Waals surface area contributed by atoms with E-state index in [4.69, 9.17) is 4.74 Å². The molecule has 7 heteroatoms. The van der Waals surface area contributed by atoms with Crippen molar-refractivity contribution in [2.75, 3.05) is 20.2 Å². The van der Waals surface area contributed by atoms with E-state index in [2.05, 4.69) is 9.97 Å². The van der Waals surface area contributed by atoms with Gasteiger partial charge in [-0.15, -0.1) is 11.3 Å². The van der Waals surface area contributed by atoms with E-state index < -0.39 is 0 Å². The second-order valence-corrected chi connectivity index (χ2v) is 8.36. The second kappa shape index (κ2) is 7.76. The molecule has 4 rings (SSSR count). The number of hydrogen-bond acceptors (Lipinski definition) is 6. The van der Waals surface area contributed by atoms with Gasteiger partial charge in [-0.1, -0.05) is 0 Å². The molecule has 27 heavy (non-hydrogen) atoms. The lowest BCUT2D eigenvalue weighted by Crippen LogP contribution is -2.28. The van der Waals surface area contributed by atoms with Gasteiger partial charge in [-0.2, -0.15) is 0 Å². The molecule has 0 radical (unpaired) electrons. The number of carbonyl (C=O) groups is 2. The summed E-state index contributed by atoms with van der Waals surface area (Å²) in [7, 11) is 1.37. The van der Waals surface area contributed by atoms with E-state index in [-0.39, 0.29) is 11.9 Å². The standard InChI is InChI=1S/C20H23N3O3S/c1-26-20(25)15-9-14(10-21-11-15)8-13-6-7-23(12-13)19(24)18-22-16-4-2-3-5-17(16)27-18/h9-11,13H,2-8,12H2,1H3. The number of amides is 1. The summed E-state index contributed by atoms with van der Waals surface area (Å²) in [6, 6.07) is 1.83. The summed E-state index contributed by atoms with van der Waals surface area (Å²) in [5.74, 6) is 0.0666. The first-order valence-electron chi connectivity index (χ1n) is 9.44. The summed E-state index contributed by atoms with van der Waals surface area (Å²) in [5, 5.41) is 0.650. The number of thiazole rings is 1. The molecule has 142 valence electrons. The van der Waals surface area contributed by atoms with Gasteiger partial charge in [0.05, 0.1) is 18.4 Å². The van der Waals surface area contributed by atoms with Gasteiger partial charge in [-0.05, 0) is 56.1 Å². The first kappa shape index (κ1) is 18.1. The minimum Gasteiger partial charge on any atom is -0.465 e. The van der Waals surface area contributed by atoms with E-state index in [1.807, 2.05) is 11.0 Å². The van der Waals surface area contributed by atoms with Crippen LogP contribution in [-0.2, 0) is 24.0 Å². The molecule has 2 aliphatic rings. The molecule has 1 fully saturated rings. The quantitative estimate of drug-likeness (QED) is 0.757. The molecule has 0 saturated carbocycles. The van der Waals surface area contributed by atoms with Gasteiger partial charge in [-0.3, -0.25) is 9.78 Å². The van der Waals surface area contributed by atoms with Crippen molar-refractivity contribution in [3.05, 3.63) is 45.2 Å². The number of rotatable bonds is 4. The average molecular weight is 385 g/mol. The fourth-order valence-electron chi connectivity index (χ4n) is 3.92. The van der Waals surface area contributed by atoms with E-state index in [0.717, 1.165) is 50.0 Å². The summed E-state index contributed by atoms with van der Waals surface area (Å²) in [5.41, 5.74) is 2.60. The summed E-state index contributed by atoms with van der Waals surface area (Å²) in [6.07, 6.45) is 9.50. The largest absolute Gasteiger partial charge is 0.465 e. The van der Waals surface area contributed by atoms with Gasteiger partial charge in [0.2, 0.25) is 0 Å². The molecule has 0 bridgehead atoms. The third-order valence-corrected chi connectivity index (χ3v) is 6.49. The molecular weight excluding hydrogens is 362 g/mol. The van der Waals surface area contributed by atoms with Gasteiger partial charge < -0.3 is 9.64 Å². The zero-order valence-electron chi connectivity index (χ0n) is 15.4. The molecule has 1 aliphatic carbocycles. The van der Waals surface area contributed by atoms with E-state index in [1.165, 1.54) is 31.0 Å².